The number of nitrogens with one attached hydrogen (secondary N) is 1. The number of fused-ring (bicyclic) bond motifs is 1. The van der Waals surface area contributed by atoms with Crippen molar-refractivity contribution in [3.63, 3.8) is 0 Å². The molecule has 3 rings (SSSR count). The van der Waals surface area contributed by atoms with Crippen LogP contribution in [-0.2, 0) is 24.6 Å². The zero-order chi connectivity index (χ0) is 11.0. The van der Waals surface area contributed by atoms with Gasteiger partial charge in [0.1, 0.15) is 0 Å². The summed E-state index contributed by atoms with van der Waals surface area (Å²) in [5.74, 6) is 0. The highest BCUT2D eigenvalue weighted by molar-refractivity contribution is 5.62. The second-order valence-electron chi connectivity index (χ2n) is 4.04. The number of hydrogen-bond donors (Lipinski definition) is 1. The summed E-state index contributed by atoms with van der Waals surface area (Å²) < 4.78 is 7.26. The highest BCUT2D eigenvalue weighted by atomic mass is 16.5. The summed E-state index contributed by atoms with van der Waals surface area (Å²) in [7, 11) is 1.91. The summed E-state index contributed by atoms with van der Waals surface area (Å²) in [4.78, 5) is 0. The summed E-state index contributed by atoms with van der Waals surface area (Å²) in [5, 5.41) is 11.7. The smallest absolute Gasteiger partial charge is 0.0987 e. The van der Waals surface area contributed by atoms with Crippen LogP contribution < -0.4 is 0 Å². The number of rotatable bonds is 1. The molecule has 0 bridgehead atoms. The molecular formula is C11H14N4O. The second-order valence-corrected chi connectivity index (χ2v) is 4.04. The van der Waals surface area contributed by atoms with Crippen LogP contribution in [0.5, 0.6) is 0 Å². The maximum absolute atomic E-state index is 5.46. The zero-order valence-electron chi connectivity index (χ0n) is 9.23. The molecule has 0 aliphatic carbocycles. The van der Waals surface area contributed by atoms with Gasteiger partial charge in [0.25, 0.3) is 0 Å². The minimum Gasteiger partial charge on any atom is -0.381 e. The summed E-state index contributed by atoms with van der Waals surface area (Å²) in [6.45, 7) is 1.56. The van der Waals surface area contributed by atoms with Crippen molar-refractivity contribution in [3.05, 3.63) is 23.7 Å². The zero-order valence-corrected chi connectivity index (χ0v) is 9.23. The Hall–Kier alpha value is -1.62. The number of aromatic amines is 1. The Bertz CT molecular complexity index is 500. The molecule has 0 aromatic carbocycles. The molecule has 5 heteroatoms. The molecule has 0 fully saturated rings. The predicted molar refractivity (Wildman–Crippen MR) is 59.0 cm³/mol. The van der Waals surface area contributed by atoms with Crippen LogP contribution in [0.15, 0.2) is 12.4 Å². The van der Waals surface area contributed by atoms with Crippen molar-refractivity contribution in [2.45, 2.75) is 12.8 Å². The summed E-state index contributed by atoms with van der Waals surface area (Å²) >= 11 is 0. The quantitative estimate of drug-likeness (QED) is 0.774. The summed E-state index contributed by atoms with van der Waals surface area (Å²) in [5.41, 5.74) is 4.58. The van der Waals surface area contributed by atoms with Crippen molar-refractivity contribution in [1.82, 2.24) is 20.0 Å². The van der Waals surface area contributed by atoms with Crippen LogP contribution in [0.1, 0.15) is 11.3 Å². The largest absolute Gasteiger partial charge is 0.381 e. The number of H-pyrrole nitrogens is 1. The maximum Gasteiger partial charge on any atom is 0.0987 e. The molecule has 2 aromatic heterocycles. The Morgan fingerprint density at radius 3 is 3.06 bits per heavy atom. The first-order valence-corrected chi connectivity index (χ1v) is 5.47. The summed E-state index contributed by atoms with van der Waals surface area (Å²) in [6.07, 6.45) is 5.68. The number of nitrogens with zero attached hydrogens (tertiary/aromatic N) is 3. The molecule has 0 radical (unpaired) electrons. The van der Waals surface area contributed by atoms with Crippen LogP contribution in [0.2, 0.25) is 0 Å². The van der Waals surface area contributed by atoms with Gasteiger partial charge in [-0.15, -0.1) is 0 Å². The van der Waals surface area contributed by atoms with Gasteiger partial charge >= 0.3 is 0 Å². The van der Waals surface area contributed by atoms with Crippen molar-refractivity contribution < 1.29 is 4.74 Å². The molecule has 0 saturated heterocycles. The van der Waals surface area contributed by atoms with E-state index in [1.807, 2.05) is 19.4 Å². The number of aryl methyl sites for hydroxylation is 1. The minimum absolute atomic E-state index is 0.778. The van der Waals surface area contributed by atoms with E-state index in [0.29, 0.717) is 0 Å². The van der Waals surface area contributed by atoms with Crippen LogP contribution in [-0.4, -0.2) is 33.2 Å². The van der Waals surface area contributed by atoms with E-state index in [1.165, 1.54) is 11.3 Å². The molecule has 5 nitrogen and oxygen atoms in total. The maximum atomic E-state index is 5.46. The standard InChI is InChI=1S/C11H14N4O/c1-15-7-8(6-12-15)11-9-2-4-16-5-3-10(9)13-14-11/h6-7H,2-5H2,1H3,(H,13,14). The van der Waals surface area contributed by atoms with E-state index in [2.05, 4.69) is 15.3 Å². The van der Waals surface area contributed by atoms with Gasteiger partial charge in [0.05, 0.1) is 25.1 Å². The Morgan fingerprint density at radius 1 is 1.38 bits per heavy atom. The lowest BCUT2D eigenvalue weighted by Crippen LogP contribution is -1.96. The van der Waals surface area contributed by atoms with Crippen LogP contribution >= 0.6 is 0 Å². The Labute approximate surface area is 93.4 Å². The predicted octanol–water partition coefficient (Wildman–Crippen LogP) is 0.925. The Balaban J connectivity index is 2.05. The van der Waals surface area contributed by atoms with E-state index in [-0.39, 0.29) is 0 Å². The summed E-state index contributed by atoms with van der Waals surface area (Å²) in [6, 6.07) is 0. The van der Waals surface area contributed by atoms with E-state index >= 15 is 0 Å². The van der Waals surface area contributed by atoms with Gasteiger partial charge in [-0.1, -0.05) is 0 Å². The van der Waals surface area contributed by atoms with Crippen molar-refractivity contribution in [2.75, 3.05) is 13.2 Å². The van der Waals surface area contributed by atoms with Gasteiger partial charge in [0.15, 0.2) is 0 Å². The molecule has 0 spiro atoms. The molecule has 16 heavy (non-hydrogen) atoms. The van der Waals surface area contributed by atoms with Crippen LogP contribution in [0.25, 0.3) is 11.3 Å². The molecule has 0 atom stereocenters. The van der Waals surface area contributed by atoms with Crippen LogP contribution in [0, 0.1) is 0 Å². The lowest BCUT2D eigenvalue weighted by molar-refractivity contribution is 0.146. The molecule has 84 valence electrons. The molecular weight excluding hydrogens is 204 g/mol. The number of hydrogen-bond acceptors (Lipinski definition) is 3. The van der Waals surface area contributed by atoms with Gasteiger partial charge in [0.2, 0.25) is 0 Å². The first kappa shape index (κ1) is 9.59. The lowest BCUT2D eigenvalue weighted by Gasteiger charge is -1.98. The van der Waals surface area contributed by atoms with Gasteiger partial charge in [-0.05, 0) is 6.42 Å². The van der Waals surface area contributed by atoms with Crippen molar-refractivity contribution in [3.8, 4) is 11.3 Å². The first-order chi connectivity index (χ1) is 7.84. The van der Waals surface area contributed by atoms with Gasteiger partial charge in [-0.2, -0.15) is 10.2 Å². The van der Waals surface area contributed by atoms with Crippen molar-refractivity contribution in [2.24, 2.45) is 7.05 Å². The van der Waals surface area contributed by atoms with E-state index in [4.69, 9.17) is 4.74 Å². The Morgan fingerprint density at radius 2 is 2.25 bits per heavy atom. The van der Waals surface area contributed by atoms with E-state index in [1.54, 1.807) is 4.68 Å². The topological polar surface area (TPSA) is 55.7 Å². The third-order valence-corrected chi connectivity index (χ3v) is 2.92. The van der Waals surface area contributed by atoms with Crippen molar-refractivity contribution >= 4 is 0 Å². The van der Waals surface area contributed by atoms with Gasteiger partial charge in [0, 0.05) is 36.5 Å². The second kappa shape index (κ2) is 3.75. The highest BCUT2D eigenvalue weighted by Crippen LogP contribution is 2.25. The van der Waals surface area contributed by atoms with E-state index in [9.17, 15) is 0 Å². The fourth-order valence-electron chi connectivity index (χ4n) is 2.11. The fraction of sp³-hybridized carbons (Fsp3) is 0.455. The lowest BCUT2D eigenvalue weighted by atomic mass is 10.1. The highest BCUT2D eigenvalue weighted by Gasteiger charge is 2.17. The monoisotopic (exact) mass is 218 g/mol. The molecule has 1 N–H and O–H groups in total. The SMILES string of the molecule is Cn1cc(-c2n[nH]c3c2CCOCC3)cn1. The van der Waals surface area contributed by atoms with Crippen molar-refractivity contribution in [1.29, 1.82) is 0 Å². The average Bonchev–Trinajstić information content (AvgIpc) is 2.79. The van der Waals surface area contributed by atoms with Crippen LogP contribution in [0.3, 0.4) is 0 Å². The third-order valence-electron chi connectivity index (χ3n) is 2.92. The number of ether oxygens (including phenoxy) is 1. The average molecular weight is 218 g/mol. The first-order valence-electron chi connectivity index (χ1n) is 5.47. The van der Waals surface area contributed by atoms with Gasteiger partial charge in [-0.3, -0.25) is 9.78 Å². The molecule has 0 saturated carbocycles. The normalized spacial score (nSPS) is 15.8. The minimum atomic E-state index is 0.778. The fourth-order valence-corrected chi connectivity index (χ4v) is 2.11. The molecule has 0 unspecified atom stereocenters. The van der Waals surface area contributed by atoms with Crippen LogP contribution in [0.4, 0.5) is 0 Å². The molecule has 0 amide bonds. The van der Waals surface area contributed by atoms with E-state index < -0.39 is 0 Å². The van der Waals surface area contributed by atoms with E-state index in [0.717, 1.165) is 37.3 Å². The number of aromatic nitrogens is 4. The van der Waals surface area contributed by atoms with Gasteiger partial charge in [-0.25, -0.2) is 0 Å². The molecule has 3 heterocycles. The van der Waals surface area contributed by atoms with Gasteiger partial charge < -0.3 is 4.74 Å². The molecule has 1 aliphatic heterocycles. The Kier molecular flexibility index (Phi) is 2.25. The molecule has 1 aliphatic rings. The third kappa shape index (κ3) is 1.53. The molecule has 2 aromatic rings.